The van der Waals surface area contributed by atoms with Gasteiger partial charge >= 0.3 is 5.97 Å². The average molecular weight is 609 g/mol. The molecule has 3 aromatic carbocycles. The maximum absolute atomic E-state index is 11.9. The average Bonchev–Trinajstić information content (AvgIpc) is 3.66. The maximum atomic E-state index is 11.9. The maximum Gasteiger partial charge on any atom is 0.337 e. The molecule has 6 rings (SSSR count). The molecule has 1 aliphatic rings. The van der Waals surface area contributed by atoms with Gasteiger partial charge in [-0.2, -0.15) is 0 Å². The summed E-state index contributed by atoms with van der Waals surface area (Å²) in [6.07, 6.45) is 1.75. The molecule has 5 aromatic rings. The summed E-state index contributed by atoms with van der Waals surface area (Å²) in [5.41, 5.74) is 3.03. The van der Waals surface area contributed by atoms with Gasteiger partial charge in [-0.05, 0) is 85.0 Å². The van der Waals surface area contributed by atoms with E-state index < -0.39 is 10.9 Å². The molecule has 3 heterocycles. The first-order chi connectivity index (χ1) is 20.9. The van der Waals surface area contributed by atoms with Gasteiger partial charge in [0.1, 0.15) is 17.6 Å². The summed E-state index contributed by atoms with van der Waals surface area (Å²) in [4.78, 5) is 30.9. The van der Waals surface area contributed by atoms with Gasteiger partial charge < -0.3 is 19.4 Å². The molecule has 0 spiro atoms. The number of esters is 1. The highest BCUT2D eigenvalue weighted by molar-refractivity contribution is 7.99. The number of methoxy groups -OCH3 is 1. The van der Waals surface area contributed by atoms with Crippen molar-refractivity contribution in [1.82, 2.24) is 10.3 Å². The number of nitro groups is 1. The van der Waals surface area contributed by atoms with Gasteiger partial charge in [0.05, 0.1) is 29.3 Å². The van der Waals surface area contributed by atoms with Gasteiger partial charge in [0.2, 0.25) is 0 Å². The van der Waals surface area contributed by atoms with Crippen LogP contribution in [0.2, 0.25) is 0 Å². The minimum Gasteiger partial charge on any atom is -0.465 e. The summed E-state index contributed by atoms with van der Waals surface area (Å²) in [6, 6.07) is 30.5. The van der Waals surface area contributed by atoms with Crippen LogP contribution in [-0.2, 0) is 4.74 Å². The van der Waals surface area contributed by atoms with Gasteiger partial charge in [-0.3, -0.25) is 15.1 Å². The van der Waals surface area contributed by atoms with E-state index in [0.29, 0.717) is 22.2 Å². The van der Waals surface area contributed by atoms with Crippen LogP contribution in [-0.4, -0.2) is 28.1 Å². The number of anilines is 1. The number of carbonyl (C=O) groups is 1. The van der Waals surface area contributed by atoms with Crippen LogP contribution in [0, 0.1) is 10.1 Å². The van der Waals surface area contributed by atoms with Crippen LogP contribution in [0.15, 0.2) is 124 Å². The lowest BCUT2D eigenvalue weighted by Gasteiger charge is -2.26. The number of hydrogen-bond acceptors (Lipinski definition) is 8. The van der Waals surface area contributed by atoms with E-state index in [1.807, 2.05) is 71.6 Å². The molecule has 43 heavy (non-hydrogen) atoms. The molecule has 1 N–H and O–H groups in total. The second kappa shape index (κ2) is 12.1. The summed E-state index contributed by atoms with van der Waals surface area (Å²) in [5, 5.41) is 14.9. The van der Waals surface area contributed by atoms with E-state index in [1.165, 1.54) is 31.0 Å². The standard InChI is InChI=1S/C32H24N4O5S2/c1-40-31(37)21-7-5-20(6-8-21)27-17-18-28(41-27)30-29(26-4-2-3-19-33-26)34-32(42)35(30)22-9-13-24(14-10-22)43-25-15-11-23(12-16-25)36(38)39/h2-19,29-30H,1H3,(H,34,42). The second-order valence-corrected chi connectivity index (χ2v) is 11.1. The normalized spacial score (nSPS) is 16.1. The van der Waals surface area contributed by atoms with Crippen molar-refractivity contribution < 1.29 is 18.9 Å². The molecule has 1 saturated heterocycles. The van der Waals surface area contributed by atoms with Crippen molar-refractivity contribution in [3.8, 4) is 11.3 Å². The Kier molecular flexibility index (Phi) is 7.91. The quantitative estimate of drug-likeness (QED) is 0.0830. The van der Waals surface area contributed by atoms with E-state index in [2.05, 4.69) is 10.3 Å². The van der Waals surface area contributed by atoms with Gasteiger partial charge in [-0.15, -0.1) is 0 Å². The van der Waals surface area contributed by atoms with Crippen molar-refractivity contribution >= 4 is 46.4 Å². The van der Waals surface area contributed by atoms with Gasteiger partial charge in [-0.1, -0.05) is 30.0 Å². The van der Waals surface area contributed by atoms with Crippen LogP contribution in [0.5, 0.6) is 0 Å². The number of nitro benzene ring substituents is 1. The van der Waals surface area contributed by atoms with Crippen LogP contribution in [0.25, 0.3) is 11.3 Å². The van der Waals surface area contributed by atoms with Crippen LogP contribution in [0.4, 0.5) is 11.4 Å². The smallest absolute Gasteiger partial charge is 0.337 e. The Morgan fingerprint density at radius 2 is 1.67 bits per heavy atom. The molecule has 0 aliphatic carbocycles. The first-order valence-corrected chi connectivity index (χ1v) is 14.5. The number of ether oxygens (including phenoxy) is 1. The first kappa shape index (κ1) is 28.1. The summed E-state index contributed by atoms with van der Waals surface area (Å²) >= 11 is 7.35. The highest BCUT2D eigenvalue weighted by atomic mass is 32.2. The van der Waals surface area contributed by atoms with E-state index in [9.17, 15) is 14.9 Å². The molecule has 0 bridgehead atoms. The fourth-order valence-corrected chi connectivity index (χ4v) is 6.09. The molecule has 2 atom stereocenters. The molecule has 0 radical (unpaired) electrons. The van der Waals surface area contributed by atoms with Crippen molar-refractivity contribution in [1.29, 1.82) is 0 Å². The molecule has 1 aliphatic heterocycles. The highest BCUT2D eigenvalue weighted by Gasteiger charge is 2.42. The number of carbonyl (C=O) groups excluding carboxylic acids is 1. The predicted octanol–water partition coefficient (Wildman–Crippen LogP) is 7.36. The van der Waals surface area contributed by atoms with Gasteiger partial charge in [-0.25, -0.2) is 4.79 Å². The predicted molar refractivity (Wildman–Crippen MR) is 167 cm³/mol. The molecule has 2 unspecified atom stereocenters. The minimum absolute atomic E-state index is 0.0579. The zero-order chi connectivity index (χ0) is 29.9. The van der Waals surface area contributed by atoms with E-state index in [0.717, 1.165) is 26.7 Å². The fraction of sp³-hybridized carbons (Fsp3) is 0.0938. The molecular weight excluding hydrogens is 585 g/mol. The second-order valence-electron chi connectivity index (χ2n) is 9.61. The van der Waals surface area contributed by atoms with Crippen molar-refractivity contribution in [2.24, 2.45) is 0 Å². The number of rotatable bonds is 8. The Morgan fingerprint density at radius 1 is 0.977 bits per heavy atom. The molecule has 11 heteroatoms. The van der Waals surface area contributed by atoms with Crippen molar-refractivity contribution in [2.75, 3.05) is 12.0 Å². The van der Waals surface area contributed by atoms with Crippen LogP contribution >= 0.6 is 24.0 Å². The van der Waals surface area contributed by atoms with Crippen LogP contribution < -0.4 is 10.2 Å². The number of non-ortho nitro benzene ring substituents is 1. The number of pyridine rings is 1. The van der Waals surface area contributed by atoms with Crippen molar-refractivity contribution in [3.05, 3.63) is 136 Å². The number of hydrogen-bond donors (Lipinski definition) is 1. The Labute approximate surface area is 256 Å². The zero-order valence-corrected chi connectivity index (χ0v) is 24.4. The van der Waals surface area contributed by atoms with Gasteiger partial charge in [0.15, 0.2) is 5.11 Å². The Morgan fingerprint density at radius 3 is 2.30 bits per heavy atom. The highest BCUT2D eigenvalue weighted by Crippen LogP contribution is 2.43. The minimum atomic E-state index is -0.409. The topological polar surface area (TPSA) is 111 Å². The number of thiocarbonyl (C=S) groups is 1. The van der Waals surface area contributed by atoms with Crippen molar-refractivity contribution in [3.63, 3.8) is 0 Å². The third-order valence-corrected chi connectivity index (χ3v) is 8.34. The molecule has 0 amide bonds. The number of aromatic nitrogens is 1. The molecule has 9 nitrogen and oxygen atoms in total. The summed E-state index contributed by atoms with van der Waals surface area (Å²) in [6.45, 7) is 0. The number of nitrogens with zero attached hydrogens (tertiary/aromatic N) is 3. The molecule has 1 fully saturated rings. The van der Waals surface area contributed by atoms with E-state index in [-0.39, 0.29) is 17.8 Å². The zero-order valence-electron chi connectivity index (χ0n) is 22.7. The lowest BCUT2D eigenvalue weighted by atomic mass is 10.0. The first-order valence-electron chi connectivity index (χ1n) is 13.2. The number of furan rings is 1. The Hall–Kier alpha value is -5.00. The summed E-state index contributed by atoms with van der Waals surface area (Å²) in [5.74, 6) is 0.946. The number of benzene rings is 3. The lowest BCUT2D eigenvalue weighted by Crippen LogP contribution is -2.29. The molecule has 0 saturated carbocycles. The van der Waals surface area contributed by atoms with Crippen molar-refractivity contribution in [2.45, 2.75) is 21.9 Å². The largest absolute Gasteiger partial charge is 0.465 e. The SMILES string of the molecule is COC(=O)c1ccc(-c2ccc(C3C(c4ccccn4)NC(=S)N3c3ccc(Sc4ccc([N+](=O)[O-])cc4)cc3)o2)cc1. The van der Waals surface area contributed by atoms with Gasteiger partial charge in [0, 0.05) is 39.4 Å². The molecule has 214 valence electrons. The molecule has 2 aromatic heterocycles. The van der Waals surface area contributed by atoms with E-state index in [4.69, 9.17) is 21.4 Å². The van der Waals surface area contributed by atoms with E-state index >= 15 is 0 Å². The monoisotopic (exact) mass is 608 g/mol. The van der Waals surface area contributed by atoms with Crippen LogP contribution in [0.3, 0.4) is 0 Å². The van der Waals surface area contributed by atoms with Crippen LogP contribution in [0.1, 0.15) is 33.9 Å². The van der Waals surface area contributed by atoms with Gasteiger partial charge in [0.25, 0.3) is 5.69 Å². The Balaban J connectivity index is 1.30. The lowest BCUT2D eigenvalue weighted by molar-refractivity contribution is -0.384. The molecular formula is C32H24N4O5S2. The Bertz CT molecular complexity index is 1780. The summed E-state index contributed by atoms with van der Waals surface area (Å²) in [7, 11) is 1.35. The third-order valence-electron chi connectivity index (χ3n) is 7.01. The fourth-order valence-electron chi connectivity index (χ4n) is 4.92. The summed E-state index contributed by atoms with van der Waals surface area (Å²) < 4.78 is 11.2. The van der Waals surface area contributed by atoms with E-state index in [1.54, 1.807) is 30.5 Å². The number of nitrogens with one attached hydrogen (secondary N) is 1. The third kappa shape index (κ3) is 5.85.